The summed E-state index contributed by atoms with van der Waals surface area (Å²) in [6.07, 6.45) is 2.35. The van der Waals surface area contributed by atoms with Gasteiger partial charge in [0.1, 0.15) is 0 Å². The molecule has 1 aromatic carbocycles. The number of nitrogens with zero attached hydrogens (tertiary/aromatic N) is 1. The summed E-state index contributed by atoms with van der Waals surface area (Å²) in [6.45, 7) is 9.06. The Bertz CT molecular complexity index is 362. The zero-order chi connectivity index (χ0) is 12.2. The maximum Gasteiger partial charge on any atom is 0.0991 e. The van der Waals surface area contributed by atoms with Crippen LogP contribution in [0.1, 0.15) is 57.6 Å². The second-order valence-corrected chi connectivity index (χ2v) is 5.60. The molecular formula is C15H21N. The molecule has 86 valence electrons. The van der Waals surface area contributed by atoms with Crippen molar-refractivity contribution in [3.63, 3.8) is 0 Å². The summed E-state index contributed by atoms with van der Waals surface area (Å²) >= 11 is 0. The van der Waals surface area contributed by atoms with Crippen molar-refractivity contribution in [3.8, 4) is 6.07 Å². The fourth-order valence-corrected chi connectivity index (χ4v) is 2.07. The predicted octanol–water partition coefficient (Wildman–Crippen LogP) is 4.49. The van der Waals surface area contributed by atoms with Crippen LogP contribution in [0.3, 0.4) is 0 Å². The van der Waals surface area contributed by atoms with Gasteiger partial charge in [0.25, 0.3) is 0 Å². The van der Waals surface area contributed by atoms with Crippen molar-refractivity contribution < 1.29 is 0 Å². The highest BCUT2D eigenvalue weighted by Crippen LogP contribution is 2.33. The van der Waals surface area contributed by atoms with Crippen molar-refractivity contribution in [1.29, 1.82) is 5.26 Å². The summed E-state index contributed by atoms with van der Waals surface area (Å²) in [6, 6.07) is 10.2. The highest BCUT2D eigenvalue weighted by Gasteiger charge is 2.18. The van der Waals surface area contributed by atoms with E-state index in [9.17, 15) is 0 Å². The summed E-state index contributed by atoms with van der Waals surface area (Å²) in [5.41, 5.74) is 2.46. The quantitative estimate of drug-likeness (QED) is 0.729. The van der Waals surface area contributed by atoms with E-state index in [-0.39, 0.29) is 0 Å². The minimum atomic E-state index is 0.356. The van der Waals surface area contributed by atoms with Gasteiger partial charge >= 0.3 is 0 Å². The van der Waals surface area contributed by atoms with Crippen LogP contribution >= 0.6 is 0 Å². The molecule has 0 radical (unpaired) electrons. The molecular weight excluding hydrogens is 194 g/mol. The molecule has 0 heterocycles. The molecule has 1 nitrogen and oxygen atoms in total. The van der Waals surface area contributed by atoms with Crippen LogP contribution < -0.4 is 0 Å². The Morgan fingerprint density at radius 3 is 2.12 bits per heavy atom. The minimum Gasteiger partial charge on any atom is -0.192 e. The average Bonchev–Trinajstić information content (AvgIpc) is 2.25. The molecule has 1 aromatic rings. The molecule has 0 aliphatic heterocycles. The summed E-state index contributed by atoms with van der Waals surface area (Å²) < 4.78 is 0. The Kier molecular flexibility index (Phi) is 4.12. The van der Waals surface area contributed by atoms with Crippen molar-refractivity contribution in [2.24, 2.45) is 5.41 Å². The van der Waals surface area contributed by atoms with E-state index in [1.165, 1.54) is 12.0 Å². The third kappa shape index (κ3) is 3.70. The van der Waals surface area contributed by atoms with E-state index in [2.05, 4.69) is 45.9 Å². The van der Waals surface area contributed by atoms with E-state index < -0.39 is 0 Å². The second kappa shape index (κ2) is 5.16. The Morgan fingerprint density at radius 1 is 1.19 bits per heavy atom. The average molecular weight is 215 g/mol. The lowest BCUT2D eigenvalue weighted by atomic mass is 9.80. The zero-order valence-corrected chi connectivity index (χ0v) is 10.7. The zero-order valence-electron chi connectivity index (χ0n) is 10.7. The van der Waals surface area contributed by atoms with Gasteiger partial charge in [-0.3, -0.25) is 0 Å². The summed E-state index contributed by atoms with van der Waals surface area (Å²) in [5.74, 6) is 0.604. The molecule has 0 fully saturated rings. The van der Waals surface area contributed by atoms with Gasteiger partial charge < -0.3 is 0 Å². The molecule has 0 aromatic heterocycles. The van der Waals surface area contributed by atoms with Crippen LogP contribution in [0.5, 0.6) is 0 Å². The van der Waals surface area contributed by atoms with Gasteiger partial charge in [0.15, 0.2) is 0 Å². The third-order valence-corrected chi connectivity index (χ3v) is 2.86. The van der Waals surface area contributed by atoms with E-state index in [0.29, 0.717) is 11.3 Å². The van der Waals surface area contributed by atoms with Crippen molar-refractivity contribution in [3.05, 3.63) is 35.4 Å². The molecule has 1 unspecified atom stereocenters. The summed E-state index contributed by atoms with van der Waals surface area (Å²) in [7, 11) is 0. The third-order valence-electron chi connectivity index (χ3n) is 2.86. The van der Waals surface area contributed by atoms with E-state index in [1.807, 2.05) is 12.1 Å². The maximum absolute atomic E-state index is 8.76. The van der Waals surface area contributed by atoms with Crippen LogP contribution in [0.2, 0.25) is 0 Å². The van der Waals surface area contributed by atoms with Gasteiger partial charge in [0, 0.05) is 0 Å². The van der Waals surface area contributed by atoms with Crippen LogP contribution in [-0.4, -0.2) is 0 Å². The minimum absolute atomic E-state index is 0.356. The summed E-state index contributed by atoms with van der Waals surface area (Å²) in [5, 5.41) is 8.76. The Balaban J connectivity index is 2.84. The molecule has 0 spiro atoms. The van der Waals surface area contributed by atoms with Crippen LogP contribution in [-0.2, 0) is 0 Å². The maximum atomic E-state index is 8.76. The lowest BCUT2D eigenvalue weighted by Gasteiger charge is -2.25. The van der Waals surface area contributed by atoms with Gasteiger partial charge in [-0.15, -0.1) is 0 Å². The summed E-state index contributed by atoms with van der Waals surface area (Å²) in [4.78, 5) is 0. The van der Waals surface area contributed by atoms with E-state index in [4.69, 9.17) is 5.26 Å². The topological polar surface area (TPSA) is 23.8 Å². The van der Waals surface area contributed by atoms with Crippen molar-refractivity contribution >= 4 is 0 Å². The van der Waals surface area contributed by atoms with Gasteiger partial charge in [-0.25, -0.2) is 0 Å². The van der Waals surface area contributed by atoms with Gasteiger partial charge in [0.2, 0.25) is 0 Å². The number of nitriles is 1. The Labute approximate surface area is 99.1 Å². The number of hydrogen-bond donors (Lipinski definition) is 0. The van der Waals surface area contributed by atoms with Gasteiger partial charge in [-0.2, -0.15) is 5.26 Å². The van der Waals surface area contributed by atoms with Gasteiger partial charge in [-0.1, -0.05) is 39.8 Å². The molecule has 0 amide bonds. The SMILES string of the molecule is CCC(CC(C)(C)C)c1ccc(C#N)cc1. The molecule has 0 bridgehead atoms. The lowest BCUT2D eigenvalue weighted by Crippen LogP contribution is -2.11. The van der Waals surface area contributed by atoms with Gasteiger partial charge in [-0.05, 0) is 41.9 Å². The fraction of sp³-hybridized carbons (Fsp3) is 0.533. The fourth-order valence-electron chi connectivity index (χ4n) is 2.07. The first-order chi connectivity index (χ1) is 7.46. The molecule has 16 heavy (non-hydrogen) atoms. The highest BCUT2D eigenvalue weighted by molar-refractivity contribution is 5.33. The molecule has 0 N–H and O–H groups in total. The molecule has 0 saturated heterocycles. The van der Waals surface area contributed by atoms with Crippen LogP contribution in [0.15, 0.2) is 24.3 Å². The van der Waals surface area contributed by atoms with Crippen LogP contribution in [0, 0.1) is 16.7 Å². The van der Waals surface area contributed by atoms with Crippen LogP contribution in [0.4, 0.5) is 0 Å². The highest BCUT2D eigenvalue weighted by atomic mass is 14.2. The molecule has 0 aliphatic carbocycles. The Morgan fingerprint density at radius 2 is 1.75 bits per heavy atom. The first-order valence-corrected chi connectivity index (χ1v) is 5.96. The predicted molar refractivity (Wildman–Crippen MR) is 68.3 cm³/mol. The normalized spacial score (nSPS) is 13.2. The lowest BCUT2D eigenvalue weighted by molar-refractivity contribution is 0.335. The van der Waals surface area contributed by atoms with Crippen LogP contribution in [0.25, 0.3) is 0 Å². The second-order valence-electron chi connectivity index (χ2n) is 5.60. The van der Waals surface area contributed by atoms with Crippen molar-refractivity contribution in [2.75, 3.05) is 0 Å². The molecule has 1 atom stereocenters. The standard InChI is InChI=1S/C15H21N/c1-5-13(10-15(2,3)4)14-8-6-12(11-16)7-9-14/h6-9,13H,5,10H2,1-4H3. The number of hydrogen-bond acceptors (Lipinski definition) is 1. The molecule has 0 saturated carbocycles. The Hall–Kier alpha value is -1.29. The molecule has 1 rings (SSSR count). The van der Waals surface area contributed by atoms with E-state index in [1.54, 1.807) is 0 Å². The van der Waals surface area contributed by atoms with Crippen molar-refractivity contribution in [1.82, 2.24) is 0 Å². The van der Waals surface area contributed by atoms with Crippen molar-refractivity contribution in [2.45, 2.75) is 46.5 Å². The van der Waals surface area contributed by atoms with Gasteiger partial charge in [0.05, 0.1) is 11.6 Å². The largest absolute Gasteiger partial charge is 0.192 e. The van der Waals surface area contributed by atoms with E-state index in [0.717, 1.165) is 12.0 Å². The molecule has 0 aliphatic rings. The molecule has 1 heteroatoms. The first-order valence-electron chi connectivity index (χ1n) is 5.96. The number of rotatable bonds is 3. The van der Waals surface area contributed by atoms with E-state index >= 15 is 0 Å². The monoisotopic (exact) mass is 215 g/mol. The number of benzene rings is 1. The first kappa shape index (κ1) is 12.8. The smallest absolute Gasteiger partial charge is 0.0991 e.